The normalized spacial score (nSPS) is 13.7. The zero-order chi connectivity index (χ0) is 29.6. The summed E-state index contributed by atoms with van der Waals surface area (Å²) in [4.78, 5) is 23.7. The Bertz CT molecular complexity index is 1280. The molecule has 0 aliphatic rings. The first-order valence-electron chi connectivity index (χ1n) is 11.3. The van der Waals surface area contributed by atoms with Crippen molar-refractivity contribution in [2.24, 2.45) is 5.92 Å². The van der Waals surface area contributed by atoms with Crippen molar-refractivity contribution in [1.82, 2.24) is 5.32 Å². The average Bonchev–Trinajstić information content (AvgIpc) is 2.80. The van der Waals surface area contributed by atoms with E-state index in [4.69, 9.17) is 4.74 Å². The zero-order valence-corrected chi connectivity index (χ0v) is 21.6. The number of anilines is 2. The molecule has 0 bridgehead atoms. The summed E-state index contributed by atoms with van der Waals surface area (Å²) in [5, 5.41) is 3.99. The first-order valence-corrected chi connectivity index (χ1v) is 12.8. The van der Waals surface area contributed by atoms with Gasteiger partial charge >= 0.3 is 18.4 Å². The van der Waals surface area contributed by atoms with Gasteiger partial charge in [-0.25, -0.2) is 8.42 Å². The standard InChI is InChI=1S/C23H25F6N3O6S/c1-4-13(3)19(31-21(34)22(24,25)26)20(33)30-14-9-10-18(17(12-14)37-5-2)39(35,36)32-15-7-6-8-16(11-15)38-23(27,28)29/h6-13,19,32H,4-5H2,1-3H3,(H,30,33)(H,31,34)/t13?,19-/m0/s1. The SMILES string of the molecule is CCOc1cc(NC(=O)[C@@H](NC(=O)C(F)(F)F)C(C)CC)ccc1S(=O)(=O)Nc1cccc(OC(F)(F)F)c1. The highest BCUT2D eigenvalue weighted by Gasteiger charge is 2.41. The van der Waals surface area contributed by atoms with Crippen molar-refractivity contribution in [3.8, 4) is 11.5 Å². The Labute approximate surface area is 219 Å². The van der Waals surface area contributed by atoms with E-state index in [1.54, 1.807) is 12.2 Å². The number of sulfonamides is 1. The molecule has 0 fully saturated rings. The minimum atomic E-state index is -5.21. The third-order valence-electron chi connectivity index (χ3n) is 5.16. The smallest absolute Gasteiger partial charge is 0.492 e. The van der Waals surface area contributed by atoms with Gasteiger partial charge in [-0.2, -0.15) is 13.2 Å². The third kappa shape index (κ3) is 9.23. The topological polar surface area (TPSA) is 123 Å². The van der Waals surface area contributed by atoms with Gasteiger partial charge in [-0.05, 0) is 37.1 Å². The van der Waals surface area contributed by atoms with Crippen LogP contribution in [-0.2, 0) is 19.6 Å². The van der Waals surface area contributed by atoms with Crippen molar-refractivity contribution in [2.75, 3.05) is 16.6 Å². The minimum Gasteiger partial charge on any atom is -0.492 e. The molecule has 0 radical (unpaired) electrons. The van der Waals surface area contributed by atoms with Crippen LogP contribution in [0.3, 0.4) is 0 Å². The van der Waals surface area contributed by atoms with Crippen molar-refractivity contribution in [1.29, 1.82) is 0 Å². The Hall–Kier alpha value is -3.69. The monoisotopic (exact) mass is 585 g/mol. The van der Waals surface area contributed by atoms with Gasteiger partial charge < -0.3 is 20.1 Å². The second-order valence-electron chi connectivity index (χ2n) is 8.10. The summed E-state index contributed by atoms with van der Waals surface area (Å²) in [6.07, 6.45) is -9.96. The highest BCUT2D eigenvalue weighted by Crippen LogP contribution is 2.31. The van der Waals surface area contributed by atoms with Gasteiger partial charge in [0.15, 0.2) is 0 Å². The number of alkyl halides is 6. The van der Waals surface area contributed by atoms with Gasteiger partial charge in [0.05, 0.1) is 12.3 Å². The number of benzene rings is 2. The molecule has 0 spiro atoms. The highest BCUT2D eigenvalue weighted by molar-refractivity contribution is 7.92. The van der Waals surface area contributed by atoms with Crippen LogP contribution in [0.5, 0.6) is 11.5 Å². The quantitative estimate of drug-likeness (QED) is 0.325. The van der Waals surface area contributed by atoms with Gasteiger partial charge in [0, 0.05) is 17.8 Å². The Kier molecular flexibility index (Phi) is 10.1. The first-order chi connectivity index (χ1) is 18.0. The van der Waals surface area contributed by atoms with Crippen LogP contribution in [0.4, 0.5) is 37.7 Å². The van der Waals surface area contributed by atoms with Crippen LogP contribution in [0.15, 0.2) is 47.4 Å². The van der Waals surface area contributed by atoms with Crippen LogP contribution < -0.4 is 24.8 Å². The van der Waals surface area contributed by atoms with E-state index < -0.39 is 57.0 Å². The molecule has 16 heteroatoms. The fourth-order valence-corrected chi connectivity index (χ4v) is 4.37. The summed E-state index contributed by atoms with van der Waals surface area (Å²) < 4.78 is 113. The lowest BCUT2D eigenvalue weighted by atomic mass is 9.98. The highest BCUT2D eigenvalue weighted by atomic mass is 32.2. The third-order valence-corrected chi connectivity index (χ3v) is 6.58. The van der Waals surface area contributed by atoms with E-state index in [0.29, 0.717) is 0 Å². The van der Waals surface area contributed by atoms with E-state index in [1.807, 2.05) is 0 Å². The first kappa shape index (κ1) is 31.5. The Morgan fingerprint density at radius 2 is 1.64 bits per heavy atom. The molecular formula is C23H25F6N3O6S. The predicted octanol–water partition coefficient (Wildman–Crippen LogP) is 4.82. The van der Waals surface area contributed by atoms with Crippen molar-refractivity contribution in [3.05, 3.63) is 42.5 Å². The number of ether oxygens (including phenoxy) is 2. The van der Waals surface area contributed by atoms with E-state index in [9.17, 15) is 44.3 Å². The maximum absolute atomic E-state index is 13.0. The number of carbonyl (C=O) groups excluding carboxylic acids is 2. The van der Waals surface area contributed by atoms with Gasteiger partial charge in [0.25, 0.3) is 10.0 Å². The van der Waals surface area contributed by atoms with Gasteiger partial charge in [0.2, 0.25) is 5.91 Å². The number of hydrogen-bond donors (Lipinski definition) is 3. The van der Waals surface area contributed by atoms with E-state index in [2.05, 4.69) is 14.8 Å². The van der Waals surface area contributed by atoms with Crippen molar-refractivity contribution < 1.29 is 53.8 Å². The molecule has 2 atom stereocenters. The molecule has 2 amide bonds. The molecule has 3 N–H and O–H groups in total. The summed E-state index contributed by atoms with van der Waals surface area (Å²) in [6.45, 7) is 4.56. The minimum absolute atomic E-state index is 0.0358. The van der Waals surface area contributed by atoms with Crippen LogP contribution in [0.1, 0.15) is 27.2 Å². The molecule has 9 nitrogen and oxygen atoms in total. The molecule has 216 valence electrons. The molecule has 0 aliphatic carbocycles. The Morgan fingerprint density at radius 1 is 0.974 bits per heavy atom. The van der Waals surface area contributed by atoms with Crippen LogP contribution in [0.25, 0.3) is 0 Å². The van der Waals surface area contributed by atoms with Gasteiger partial charge in [-0.15, -0.1) is 13.2 Å². The summed E-state index contributed by atoms with van der Waals surface area (Å²) in [5.74, 6) is -4.91. The number of hydrogen-bond acceptors (Lipinski definition) is 6. The maximum atomic E-state index is 13.0. The van der Waals surface area contributed by atoms with Crippen molar-refractivity contribution in [2.45, 2.75) is 50.7 Å². The lowest BCUT2D eigenvalue weighted by Crippen LogP contribution is -2.51. The lowest BCUT2D eigenvalue weighted by molar-refractivity contribution is -0.274. The van der Waals surface area contributed by atoms with Crippen LogP contribution in [-0.4, -0.2) is 45.4 Å². The van der Waals surface area contributed by atoms with Crippen LogP contribution in [0.2, 0.25) is 0 Å². The lowest BCUT2D eigenvalue weighted by Gasteiger charge is -2.24. The number of nitrogens with one attached hydrogen (secondary N) is 3. The van der Waals surface area contributed by atoms with E-state index in [-0.39, 0.29) is 30.2 Å². The summed E-state index contributed by atoms with van der Waals surface area (Å²) in [6, 6.07) is 5.77. The molecule has 0 saturated carbocycles. The molecule has 0 aliphatic heterocycles. The van der Waals surface area contributed by atoms with Crippen LogP contribution >= 0.6 is 0 Å². The summed E-state index contributed by atoms with van der Waals surface area (Å²) in [5.41, 5.74) is -0.314. The molecular weight excluding hydrogens is 560 g/mol. The van der Waals surface area contributed by atoms with E-state index >= 15 is 0 Å². The van der Waals surface area contributed by atoms with E-state index in [0.717, 1.165) is 36.4 Å². The van der Waals surface area contributed by atoms with Crippen molar-refractivity contribution >= 4 is 33.2 Å². The van der Waals surface area contributed by atoms with Gasteiger partial charge in [0.1, 0.15) is 22.4 Å². The Morgan fingerprint density at radius 3 is 2.21 bits per heavy atom. The number of carbonyl (C=O) groups is 2. The molecule has 2 rings (SSSR count). The number of halogens is 6. The summed E-state index contributed by atoms with van der Waals surface area (Å²) in [7, 11) is -4.44. The zero-order valence-electron chi connectivity index (χ0n) is 20.7. The fourth-order valence-electron chi connectivity index (χ4n) is 3.19. The van der Waals surface area contributed by atoms with E-state index in [1.165, 1.54) is 19.9 Å². The molecule has 39 heavy (non-hydrogen) atoms. The predicted molar refractivity (Wildman–Crippen MR) is 128 cm³/mol. The largest absolute Gasteiger partial charge is 0.573 e. The van der Waals surface area contributed by atoms with Gasteiger partial charge in [-0.3, -0.25) is 14.3 Å². The average molecular weight is 586 g/mol. The van der Waals surface area contributed by atoms with Crippen molar-refractivity contribution in [3.63, 3.8) is 0 Å². The van der Waals surface area contributed by atoms with Gasteiger partial charge in [-0.1, -0.05) is 26.3 Å². The second kappa shape index (κ2) is 12.4. The molecule has 1 unspecified atom stereocenters. The molecule has 0 saturated heterocycles. The maximum Gasteiger partial charge on any atom is 0.573 e. The number of amides is 2. The molecule has 2 aromatic carbocycles. The molecule has 0 aromatic heterocycles. The summed E-state index contributed by atoms with van der Waals surface area (Å²) >= 11 is 0. The second-order valence-corrected chi connectivity index (χ2v) is 9.75. The molecule has 0 heterocycles. The van der Waals surface area contributed by atoms with Crippen LogP contribution in [0, 0.1) is 5.92 Å². The Balaban J connectivity index is 2.32. The fraction of sp³-hybridized carbons (Fsp3) is 0.391. The number of rotatable bonds is 11. The molecule has 2 aromatic rings.